The first-order valence-electron chi connectivity index (χ1n) is 9.20. The largest absolute Gasteiger partial charge is 0.341 e. The number of para-hydroxylation sites is 2. The lowest BCUT2D eigenvalue weighted by Crippen LogP contribution is -2.33. The van der Waals surface area contributed by atoms with Crippen LogP contribution in [0.25, 0.3) is 11.0 Å². The zero-order valence-electron chi connectivity index (χ0n) is 14.9. The molecule has 1 aromatic carbocycles. The molecule has 5 nitrogen and oxygen atoms in total. The van der Waals surface area contributed by atoms with Gasteiger partial charge in [0.25, 0.3) is 0 Å². The second-order valence-electron chi connectivity index (χ2n) is 7.23. The van der Waals surface area contributed by atoms with E-state index in [9.17, 15) is 0 Å². The smallest absolute Gasteiger partial charge is 0.130 e. The van der Waals surface area contributed by atoms with Crippen molar-refractivity contribution in [1.29, 1.82) is 0 Å². The lowest BCUT2D eigenvalue weighted by atomic mass is 10.0. The van der Waals surface area contributed by atoms with Crippen molar-refractivity contribution >= 4 is 11.0 Å². The number of hydrogen-bond donors (Lipinski definition) is 1. The first-order valence-corrected chi connectivity index (χ1v) is 9.20. The Bertz CT molecular complexity index is 804. The SMILES string of the molecule is CC(C)c1ncc(CN2CCCC[C@@H]2c2nc3ccccc3[nH]2)cn1. The van der Waals surface area contributed by atoms with Crippen LogP contribution in [0.3, 0.4) is 0 Å². The zero-order valence-corrected chi connectivity index (χ0v) is 14.9. The second kappa shape index (κ2) is 6.92. The van der Waals surface area contributed by atoms with E-state index in [2.05, 4.69) is 51.9 Å². The Morgan fingerprint density at radius 2 is 1.96 bits per heavy atom. The minimum Gasteiger partial charge on any atom is -0.341 e. The number of imidazole rings is 1. The van der Waals surface area contributed by atoms with E-state index in [0.717, 1.165) is 42.2 Å². The molecule has 1 aliphatic heterocycles. The molecule has 3 aromatic rings. The highest BCUT2D eigenvalue weighted by molar-refractivity contribution is 5.74. The van der Waals surface area contributed by atoms with Gasteiger partial charge in [0.15, 0.2) is 0 Å². The lowest BCUT2D eigenvalue weighted by molar-refractivity contribution is 0.134. The van der Waals surface area contributed by atoms with Gasteiger partial charge in [-0.3, -0.25) is 4.90 Å². The first kappa shape index (κ1) is 16.2. The maximum Gasteiger partial charge on any atom is 0.130 e. The number of nitrogens with one attached hydrogen (secondary N) is 1. The summed E-state index contributed by atoms with van der Waals surface area (Å²) in [6.45, 7) is 6.21. The van der Waals surface area contributed by atoms with E-state index in [1.807, 2.05) is 18.5 Å². The Labute approximate surface area is 148 Å². The van der Waals surface area contributed by atoms with Gasteiger partial charge in [-0.1, -0.05) is 32.4 Å². The number of aromatic amines is 1. The molecular formula is C20H25N5. The Morgan fingerprint density at radius 3 is 2.72 bits per heavy atom. The van der Waals surface area contributed by atoms with Crippen LogP contribution in [0, 0.1) is 0 Å². The Morgan fingerprint density at radius 1 is 1.16 bits per heavy atom. The summed E-state index contributed by atoms with van der Waals surface area (Å²) in [6, 6.07) is 8.60. The van der Waals surface area contributed by atoms with Gasteiger partial charge in [-0.2, -0.15) is 0 Å². The van der Waals surface area contributed by atoms with Crippen LogP contribution in [-0.2, 0) is 6.54 Å². The van der Waals surface area contributed by atoms with Gasteiger partial charge in [-0.25, -0.2) is 15.0 Å². The summed E-state index contributed by atoms with van der Waals surface area (Å²) < 4.78 is 0. The van der Waals surface area contributed by atoms with Crippen LogP contribution in [-0.4, -0.2) is 31.4 Å². The molecule has 130 valence electrons. The molecule has 0 bridgehead atoms. The average Bonchev–Trinajstić information content (AvgIpc) is 3.06. The molecule has 5 heteroatoms. The standard InChI is InChI=1S/C20H25N5/c1-14(2)19-21-11-15(12-22-19)13-25-10-6-5-9-18(25)20-23-16-7-3-4-8-17(16)24-20/h3-4,7-8,11-12,14,18H,5-6,9-10,13H2,1-2H3,(H,23,24)/t18-/m1/s1. The monoisotopic (exact) mass is 335 g/mol. The molecule has 0 radical (unpaired) electrons. The van der Waals surface area contributed by atoms with E-state index in [4.69, 9.17) is 4.98 Å². The summed E-state index contributed by atoms with van der Waals surface area (Å²) in [4.78, 5) is 19.9. The second-order valence-corrected chi connectivity index (χ2v) is 7.23. The number of fused-ring (bicyclic) bond motifs is 1. The zero-order chi connectivity index (χ0) is 17.2. The van der Waals surface area contributed by atoms with Crippen molar-refractivity contribution in [2.75, 3.05) is 6.54 Å². The number of piperidine rings is 1. The molecule has 1 saturated heterocycles. The summed E-state index contributed by atoms with van der Waals surface area (Å²) in [6.07, 6.45) is 7.59. The van der Waals surface area contributed by atoms with Crippen molar-refractivity contribution in [3.05, 3.63) is 53.9 Å². The molecule has 1 N–H and O–H groups in total. The molecular weight excluding hydrogens is 310 g/mol. The van der Waals surface area contributed by atoms with Gasteiger partial charge in [0, 0.05) is 30.4 Å². The molecule has 1 aliphatic rings. The van der Waals surface area contributed by atoms with Crippen LogP contribution in [0.1, 0.15) is 62.3 Å². The summed E-state index contributed by atoms with van der Waals surface area (Å²) in [5, 5.41) is 0. The first-order chi connectivity index (χ1) is 12.2. The van der Waals surface area contributed by atoms with Crippen molar-refractivity contribution < 1.29 is 0 Å². The lowest BCUT2D eigenvalue weighted by Gasteiger charge is -2.34. The predicted molar refractivity (Wildman–Crippen MR) is 99.2 cm³/mol. The van der Waals surface area contributed by atoms with Gasteiger partial charge in [-0.05, 0) is 31.5 Å². The fraction of sp³-hybridized carbons (Fsp3) is 0.450. The number of rotatable bonds is 4. The molecule has 0 unspecified atom stereocenters. The van der Waals surface area contributed by atoms with E-state index in [0.29, 0.717) is 12.0 Å². The van der Waals surface area contributed by atoms with Gasteiger partial charge in [0.05, 0.1) is 17.1 Å². The minimum absolute atomic E-state index is 0.339. The molecule has 4 rings (SSSR count). The maximum absolute atomic E-state index is 4.84. The fourth-order valence-electron chi connectivity index (χ4n) is 3.60. The highest BCUT2D eigenvalue weighted by atomic mass is 15.2. The molecule has 3 heterocycles. The summed E-state index contributed by atoms with van der Waals surface area (Å²) in [5.74, 6) is 2.36. The third-order valence-corrected chi connectivity index (χ3v) is 4.96. The van der Waals surface area contributed by atoms with Crippen LogP contribution < -0.4 is 0 Å². The summed E-state index contributed by atoms with van der Waals surface area (Å²) in [5.41, 5.74) is 3.34. The number of likely N-dealkylation sites (tertiary alicyclic amines) is 1. The number of nitrogens with zero attached hydrogens (tertiary/aromatic N) is 4. The predicted octanol–water partition coefficient (Wildman–Crippen LogP) is 4.20. The van der Waals surface area contributed by atoms with Gasteiger partial charge < -0.3 is 4.98 Å². The normalized spacial score (nSPS) is 18.9. The highest BCUT2D eigenvalue weighted by Gasteiger charge is 2.26. The van der Waals surface area contributed by atoms with E-state index >= 15 is 0 Å². The van der Waals surface area contributed by atoms with Crippen molar-refractivity contribution in [3.8, 4) is 0 Å². The molecule has 1 atom stereocenters. The molecule has 2 aromatic heterocycles. The van der Waals surface area contributed by atoms with Gasteiger partial charge in [-0.15, -0.1) is 0 Å². The van der Waals surface area contributed by atoms with E-state index < -0.39 is 0 Å². The highest BCUT2D eigenvalue weighted by Crippen LogP contribution is 2.31. The van der Waals surface area contributed by atoms with Gasteiger partial charge in [0.2, 0.25) is 0 Å². The Hall–Kier alpha value is -2.27. The van der Waals surface area contributed by atoms with Crippen molar-refractivity contribution in [2.45, 2.75) is 51.6 Å². The summed E-state index contributed by atoms with van der Waals surface area (Å²) in [7, 11) is 0. The number of aromatic nitrogens is 4. The molecule has 0 saturated carbocycles. The van der Waals surface area contributed by atoms with Crippen LogP contribution in [0.4, 0.5) is 0 Å². The maximum atomic E-state index is 4.84. The molecule has 0 aliphatic carbocycles. The quantitative estimate of drug-likeness (QED) is 0.776. The van der Waals surface area contributed by atoms with Crippen LogP contribution in [0.15, 0.2) is 36.7 Å². The van der Waals surface area contributed by atoms with Crippen molar-refractivity contribution in [3.63, 3.8) is 0 Å². The Kier molecular flexibility index (Phi) is 4.49. The molecule has 25 heavy (non-hydrogen) atoms. The Balaban J connectivity index is 1.56. The van der Waals surface area contributed by atoms with Crippen molar-refractivity contribution in [2.24, 2.45) is 0 Å². The minimum atomic E-state index is 0.339. The third kappa shape index (κ3) is 3.42. The molecule has 0 spiro atoms. The van der Waals surface area contributed by atoms with Gasteiger partial charge >= 0.3 is 0 Å². The molecule has 0 amide bonds. The van der Waals surface area contributed by atoms with E-state index in [-0.39, 0.29) is 0 Å². The number of H-pyrrole nitrogens is 1. The summed E-state index contributed by atoms with van der Waals surface area (Å²) >= 11 is 0. The van der Waals surface area contributed by atoms with Crippen LogP contribution >= 0.6 is 0 Å². The van der Waals surface area contributed by atoms with Crippen molar-refractivity contribution in [1.82, 2.24) is 24.8 Å². The molecule has 1 fully saturated rings. The van der Waals surface area contributed by atoms with E-state index in [1.165, 1.54) is 18.4 Å². The van der Waals surface area contributed by atoms with E-state index in [1.54, 1.807) is 0 Å². The average molecular weight is 335 g/mol. The topological polar surface area (TPSA) is 57.7 Å². The van der Waals surface area contributed by atoms with Crippen LogP contribution in [0.5, 0.6) is 0 Å². The number of hydrogen-bond acceptors (Lipinski definition) is 4. The van der Waals surface area contributed by atoms with Gasteiger partial charge in [0.1, 0.15) is 11.6 Å². The fourth-order valence-corrected chi connectivity index (χ4v) is 3.60. The van der Waals surface area contributed by atoms with Crippen LogP contribution in [0.2, 0.25) is 0 Å². The number of benzene rings is 1. The third-order valence-electron chi connectivity index (χ3n) is 4.96.